The van der Waals surface area contributed by atoms with Crippen LogP contribution in [0.5, 0.6) is 0 Å². The first-order valence-electron chi connectivity index (χ1n) is 11.3. The molecule has 0 aromatic heterocycles. The second kappa shape index (κ2) is 7.75. The van der Waals surface area contributed by atoms with E-state index >= 15 is 0 Å². The Balaban J connectivity index is 1.32. The normalized spacial score (nSPS) is 36.6. The Kier molecular flexibility index (Phi) is 5.64. The molecule has 4 bridgehead atoms. The second-order valence-electron chi connectivity index (χ2n) is 10.0. The summed E-state index contributed by atoms with van der Waals surface area (Å²) < 4.78 is 26.0. The Labute approximate surface area is 170 Å². The quantitative estimate of drug-likeness (QED) is 0.685. The minimum absolute atomic E-state index is 0.0168. The summed E-state index contributed by atoms with van der Waals surface area (Å²) in [7, 11) is -3.12. The van der Waals surface area contributed by atoms with Crippen molar-refractivity contribution in [2.45, 2.75) is 77.7 Å². The fraction of sp³-hybridized carbons (Fsp3) is 0.864. The van der Waals surface area contributed by atoms with Crippen molar-refractivity contribution >= 4 is 15.9 Å². The fourth-order valence-corrected chi connectivity index (χ4v) is 8.39. The van der Waals surface area contributed by atoms with Crippen molar-refractivity contribution in [3.05, 3.63) is 11.6 Å². The molecular weight excluding hydrogens is 372 g/mol. The maximum Gasteiger partial charge on any atom is 0.244 e. The van der Waals surface area contributed by atoms with Crippen molar-refractivity contribution in [1.82, 2.24) is 9.62 Å². The zero-order valence-electron chi connectivity index (χ0n) is 17.5. The SMILES string of the molecule is CCCS(=O)(=O)N1CCC(NC(=O)/C=C(\C)C23CC4CC(CC(C4)C2)C3)CC1. The molecule has 5 fully saturated rings. The lowest BCUT2D eigenvalue weighted by Crippen LogP contribution is -2.48. The van der Waals surface area contributed by atoms with Crippen LogP contribution in [0.4, 0.5) is 0 Å². The first kappa shape index (κ1) is 20.4. The number of hydrogen-bond acceptors (Lipinski definition) is 3. The van der Waals surface area contributed by atoms with Gasteiger partial charge in [-0.25, -0.2) is 12.7 Å². The predicted octanol–water partition coefficient (Wildman–Crippen LogP) is 3.47. The van der Waals surface area contributed by atoms with Crippen LogP contribution in [-0.4, -0.2) is 43.5 Å². The molecule has 6 heteroatoms. The van der Waals surface area contributed by atoms with E-state index in [9.17, 15) is 13.2 Å². The van der Waals surface area contributed by atoms with Crippen molar-refractivity contribution in [1.29, 1.82) is 0 Å². The third kappa shape index (κ3) is 4.04. The van der Waals surface area contributed by atoms with Crippen LogP contribution in [0, 0.1) is 23.2 Å². The highest BCUT2D eigenvalue weighted by molar-refractivity contribution is 7.89. The summed E-state index contributed by atoms with van der Waals surface area (Å²) in [5.74, 6) is 2.88. The third-order valence-electron chi connectivity index (χ3n) is 7.88. The molecule has 1 amide bonds. The van der Waals surface area contributed by atoms with Crippen LogP contribution in [-0.2, 0) is 14.8 Å². The fourth-order valence-electron chi connectivity index (χ4n) is 6.85. The lowest BCUT2D eigenvalue weighted by Gasteiger charge is -2.57. The minimum Gasteiger partial charge on any atom is -0.350 e. The maximum absolute atomic E-state index is 12.7. The number of piperidine rings is 1. The summed E-state index contributed by atoms with van der Waals surface area (Å²) in [6.07, 6.45) is 12.0. The average molecular weight is 409 g/mol. The monoisotopic (exact) mass is 408 g/mol. The van der Waals surface area contributed by atoms with Gasteiger partial charge >= 0.3 is 0 Å². The molecule has 4 aliphatic carbocycles. The molecule has 5 rings (SSSR count). The molecule has 1 heterocycles. The molecule has 1 N–H and O–H groups in total. The number of hydrogen-bond donors (Lipinski definition) is 1. The van der Waals surface area contributed by atoms with Gasteiger partial charge in [0.05, 0.1) is 5.75 Å². The van der Waals surface area contributed by atoms with Gasteiger partial charge in [-0.05, 0) is 87.9 Å². The van der Waals surface area contributed by atoms with Gasteiger partial charge in [0.1, 0.15) is 0 Å². The van der Waals surface area contributed by atoms with Crippen molar-refractivity contribution in [2.24, 2.45) is 23.2 Å². The number of carbonyl (C=O) groups is 1. The Morgan fingerprint density at radius 1 is 1.07 bits per heavy atom. The average Bonchev–Trinajstić information content (AvgIpc) is 2.61. The highest BCUT2D eigenvalue weighted by Gasteiger charge is 2.51. The number of nitrogens with one attached hydrogen (secondary N) is 1. The zero-order valence-corrected chi connectivity index (χ0v) is 18.3. The molecule has 0 radical (unpaired) electrons. The van der Waals surface area contributed by atoms with Crippen LogP contribution in [0.25, 0.3) is 0 Å². The van der Waals surface area contributed by atoms with Crippen molar-refractivity contribution in [3.8, 4) is 0 Å². The molecule has 5 aliphatic rings. The summed E-state index contributed by atoms with van der Waals surface area (Å²) in [5, 5.41) is 3.15. The molecule has 4 saturated carbocycles. The summed E-state index contributed by atoms with van der Waals surface area (Å²) in [4.78, 5) is 12.7. The van der Waals surface area contributed by atoms with Crippen LogP contribution in [0.1, 0.15) is 71.6 Å². The molecule has 28 heavy (non-hydrogen) atoms. The van der Waals surface area contributed by atoms with Gasteiger partial charge in [0.25, 0.3) is 0 Å². The molecule has 5 nitrogen and oxygen atoms in total. The van der Waals surface area contributed by atoms with Gasteiger partial charge in [-0.1, -0.05) is 12.5 Å². The summed E-state index contributed by atoms with van der Waals surface area (Å²) in [6.45, 7) is 5.10. The molecule has 158 valence electrons. The van der Waals surface area contributed by atoms with E-state index in [-0.39, 0.29) is 23.1 Å². The van der Waals surface area contributed by atoms with Gasteiger partial charge in [0.15, 0.2) is 0 Å². The van der Waals surface area contributed by atoms with Crippen molar-refractivity contribution < 1.29 is 13.2 Å². The second-order valence-corrected chi connectivity index (χ2v) is 12.1. The predicted molar refractivity (Wildman–Crippen MR) is 111 cm³/mol. The van der Waals surface area contributed by atoms with Crippen LogP contribution in [0.3, 0.4) is 0 Å². The van der Waals surface area contributed by atoms with Gasteiger partial charge < -0.3 is 5.32 Å². The largest absolute Gasteiger partial charge is 0.350 e. The Morgan fingerprint density at radius 3 is 2.11 bits per heavy atom. The van der Waals surface area contributed by atoms with Crippen molar-refractivity contribution in [2.75, 3.05) is 18.8 Å². The molecule has 0 aromatic carbocycles. The molecular formula is C22H36N2O3S. The van der Waals surface area contributed by atoms with Crippen LogP contribution >= 0.6 is 0 Å². The molecule has 0 unspecified atom stereocenters. The van der Waals surface area contributed by atoms with Gasteiger partial charge in [-0.3, -0.25) is 4.79 Å². The zero-order chi connectivity index (χ0) is 19.9. The van der Waals surface area contributed by atoms with Gasteiger partial charge in [-0.2, -0.15) is 0 Å². The third-order valence-corrected chi connectivity index (χ3v) is 9.95. The minimum atomic E-state index is -3.12. The van der Waals surface area contributed by atoms with E-state index in [1.165, 1.54) is 44.1 Å². The van der Waals surface area contributed by atoms with Crippen LogP contribution < -0.4 is 5.32 Å². The number of amides is 1. The summed E-state index contributed by atoms with van der Waals surface area (Å²) in [5.41, 5.74) is 1.57. The smallest absolute Gasteiger partial charge is 0.244 e. The molecule has 0 atom stereocenters. The Bertz CT molecular complexity index is 700. The highest BCUT2D eigenvalue weighted by Crippen LogP contribution is 2.62. The van der Waals surface area contributed by atoms with E-state index in [4.69, 9.17) is 0 Å². The molecule has 1 saturated heterocycles. The number of allylic oxidation sites excluding steroid dienone is 1. The van der Waals surface area contributed by atoms with Crippen LogP contribution in [0.2, 0.25) is 0 Å². The van der Waals surface area contributed by atoms with E-state index in [0.717, 1.165) is 17.8 Å². The number of carbonyl (C=O) groups excluding carboxylic acids is 1. The van der Waals surface area contributed by atoms with Gasteiger partial charge in [0, 0.05) is 25.2 Å². The lowest BCUT2D eigenvalue weighted by atomic mass is 9.48. The summed E-state index contributed by atoms with van der Waals surface area (Å²) >= 11 is 0. The standard InChI is InChI=1S/C22H36N2O3S/c1-3-8-28(26,27)24-6-4-20(5-7-24)23-21(25)9-16(2)22-13-17-10-18(14-22)12-19(11-17)15-22/h9,17-20H,3-8,10-15H2,1-2H3,(H,23,25)/b16-9+. The molecule has 0 spiro atoms. The van der Waals surface area contributed by atoms with E-state index in [1.807, 2.05) is 13.0 Å². The first-order valence-corrected chi connectivity index (χ1v) is 12.9. The van der Waals surface area contributed by atoms with Crippen molar-refractivity contribution in [3.63, 3.8) is 0 Å². The molecule has 0 aromatic rings. The number of sulfonamides is 1. The first-order chi connectivity index (χ1) is 13.3. The van der Waals surface area contributed by atoms with E-state index in [0.29, 0.717) is 32.4 Å². The number of rotatable bonds is 6. The highest BCUT2D eigenvalue weighted by atomic mass is 32.2. The van der Waals surface area contributed by atoms with E-state index in [2.05, 4.69) is 12.2 Å². The maximum atomic E-state index is 12.7. The van der Waals surface area contributed by atoms with E-state index < -0.39 is 10.0 Å². The molecule has 1 aliphatic heterocycles. The Hall–Kier alpha value is -0.880. The van der Waals surface area contributed by atoms with Gasteiger partial charge in [-0.15, -0.1) is 0 Å². The van der Waals surface area contributed by atoms with E-state index in [1.54, 1.807) is 4.31 Å². The topological polar surface area (TPSA) is 66.5 Å². The Morgan fingerprint density at radius 2 is 1.61 bits per heavy atom. The summed E-state index contributed by atoms with van der Waals surface area (Å²) in [6, 6.07) is 0.0842. The van der Waals surface area contributed by atoms with Gasteiger partial charge in [0.2, 0.25) is 15.9 Å². The number of nitrogens with zero attached hydrogens (tertiary/aromatic N) is 1. The lowest BCUT2D eigenvalue weighted by molar-refractivity contribution is -0.117. The van der Waals surface area contributed by atoms with Crippen LogP contribution in [0.15, 0.2) is 11.6 Å².